The lowest BCUT2D eigenvalue weighted by molar-refractivity contribution is -0.125. The Balaban J connectivity index is 1.34. The number of thiophene rings is 2. The summed E-state index contributed by atoms with van der Waals surface area (Å²) >= 11 is 11.8. The molecular formula is C88H142Br2N2O2S2. The van der Waals surface area contributed by atoms with E-state index in [4.69, 9.17) is 0 Å². The van der Waals surface area contributed by atoms with Crippen LogP contribution in [-0.2, 0) is 22.4 Å². The lowest BCUT2D eigenvalue weighted by Crippen LogP contribution is -2.39. The number of aryl methyl sites for hydroxylation is 2. The molecule has 0 fully saturated rings. The Morgan fingerprint density at radius 2 is 0.562 bits per heavy atom. The summed E-state index contributed by atoms with van der Waals surface area (Å²) in [5.41, 5.74) is 9.46. The second kappa shape index (κ2) is 51.0. The molecule has 2 aromatic heterocycles. The van der Waals surface area contributed by atoms with Gasteiger partial charge >= 0.3 is 0 Å². The fraction of sp³-hybridized carbons (Fsp3) is 0.750. The molecule has 4 atom stereocenters. The first kappa shape index (κ1) is 82.7. The molecule has 6 rings (SSSR count). The van der Waals surface area contributed by atoms with Gasteiger partial charge in [-0.3, -0.25) is 9.59 Å². The average molecular weight is 1480 g/mol. The molecule has 0 bridgehead atoms. The second-order valence-electron chi connectivity index (χ2n) is 30.5. The van der Waals surface area contributed by atoms with E-state index >= 15 is 9.59 Å². The first-order chi connectivity index (χ1) is 47.2. The number of hydrogen-bond acceptors (Lipinski definition) is 4. The summed E-state index contributed by atoms with van der Waals surface area (Å²) in [6, 6.07) is 18.9. The molecule has 542 valence electrons. The maximum atomic E-state index is 16.3. The van der Waals surface area contributed by atoms with Gasteiger partial charge in [-0.05, 0) is 153 Å². The smallest absolute Gasteiger partial charge is 0.235 e. The lowest BCUT2D eigenvalue weighted by atomic mass is 9.82. The molecule has 4 heterocycles. The highest BCUT2D eigenvalue weighted by atomic mass is 79.9. The number of carbonyl (C=O) groups excluding carboxylic acids is 2. The summed E-state index contributed by atoms with van der Waals surface area (Å²) in [6.45, 7) is 15.3. The van der Waals surface area contributed by atoms with Crippen molar-refractivity contribution >= 4 is 77.7 Å². The van der Waals surface area contributed by atoms with Gasteiger partial charge in [0.05, 0.1) is 19.4 Å². The van der Waals surface area contributed by atoms with E-state index in [1.54, 1.807) is 0 Å². The Kier molecular flexibility index (Phi) is 43.9. The third-order valence-corrected chi connectivity index (χ3v) is 26.2. The van der Waals surface area contributed by atoms with E-state index in [1.807, 2.05) is 22.7 Å². The van der Waals surface area contributed by atoms with Crippen LogP contribution in [0.4, 0.5) is 11.4 Å². The number of carbonyl (C=O) groups is 2. The molecule has 0 aliphatic carbocycles. The van der Waals surface area contributed by atoms with Crippen LogP contribution in [0.25, 0.3) is 20.9 Å². The Bertz CT molecular complexity index is 2490. The van der Waals surface area contributed by atoms with Crippen LogP contribution in [-0.4, -0.2) is 24.9 Å². The van der Waals surface area contributed by atoms with E-state index in [9.17, 15) is 0 Å². The van der Waals surface area contributed by atoms with Crippen molar-refractivity contribution in [2.45, 2.75) is 400 Å². The molecule has 0 saturated heterocycles. The topological polar surface area (TPSA) is 40.6 Å². The van der Waals surface area contributed by atoms with Crippen molar-refractivity contribution in [3.63, 3.8) is 0 Å². The van der Waals surface area contributed by atoms with Crippen molar-refractivity contribution < 1.29 is 9.59 Å². The minimum atomic E-state index is -0.566. The fourth-order valence-electron chi connectivity index (χ4n) is 16.0. The first-order valence-corrected chi connectivity index (χ1v) is 44.9. The van der Waals surface area contributed by atoms with Crippen LogP contribution >= 0.6 is 54.5 Å². The molecule has 4 aromatic rings. The van der Waals surface area contributed by atoms with Crippen LogP contribution in [0, 0.1) is 11.8 Å². The number of hydrogen-bond donors (Lipinski definition) is 0. The zero-order valence-electron chi connectivity index (χ0n) is 62.8. The van der Waals surface area contributed by atoms with Crippen LogP contribution < -0.4 is 9.80 Å². The van der Waals surface area contributed by atoms with E-state index in [0.29, 0.717) is 11.8 Å². The Labute approximate surface area is 616 Å². The molecule has 2 aromatic carbocycles. The number of unbranched alkanes of at least 4 members (excludes halogenated alkanes) is 42. The summed E-state index contributed by atoms with van der Waals surface area (Å²) in [6.07, 6.45) is 70.1. The molecule has 0 radical (unpaired) electrons. The van der Waals surface area contributed by atoms with E-state index in [0.717, 1.165) is 74.1 Å². The van der Waals surface area contributed by atoms with E-state index in [-0.39, 0.29) is 11.8 Å². The molecule has 4 nitrogen and oxygen atoms in total. The van der Waals surface area contributed by atoms with Crippen LogP contribution in [0.1, 0.15) is 410 Å². The van der Waals surface area contributed by atoms with E-state index < -0.39 is 11.8 Å². The van der Waals surface area contributed by atoms with Gasteiger partial charge in [0.25, 0.3) is 0 Å². The minimum Gasteiger partial charge on any atom is -0.311 e. The van der Waals surface area contributed by atoms with E-state index in [1.165, 1.54) is 348 Å². The molecule has 2 amide bonds. The normalized spacial score (nSPS) is 15.2. The summed E-state index contributed by atoms with van der Waals surface area (Å²) in [5, 5.41) is 0. The van der Waals surface area contributed by atoms with Gasteiger partial charge in [0, 0.05) is 34.2 Å². The number of amides is 2. The summed E-state index contributed by atoms with van der Waals surface area (Å²) < 4.78 is 2.49. The summed E-state index contributed by atoms with van der Waals surface area (Å²) in [4.78, 5) is 39.7. The average Bonchev–Trinajstić information content (AvgIpc) is 1.57. The van der Waals surface area contributed by atoms with E-state index in [2.05, 4.69) is 132 Å². The monoisotopic (exact) mass is 1480 g/mol. The van der Waals surface area contributed by atoms with Crippen molar-refractivity contribution in [1.29, 1.82) is 0 Å². The minimum absolute atomic E-state index is 0.150. The van der Waals surface area contributed by atoms with Crippen LogP contribution in [0.15, 0.2) is 56.1 Å². The first-order valence-electron chi connectivity index (χ1n) is 41.6. The predicted molar refractivity (Wildman–Crippen MR) is 434 cm³/mol. The van der Waals surface area contributed by atoms with Gasteiger partial charge in [-0.25, -0.2) is 0 Å². The van der Waals surface area contributed by atoms with Gasteiger partial charge < -0.3 is 9.80 Å². The number of rotatable bonds is 61. The summed E-state index contributed by atoms with van der Waals surface area (Å²) in [5.74, 6) is 0.00862. The van der Waals surface area contributed by atoms with Crippen LogP contribution in [0.5, 0.6) is 0 Å². The van der Waals surface area contributed by atoms with Crippen LogP contribution in [0.2, 0.25) is 0 Å². The van der Waals surface area contributed by atoms with Gasteiger partial charge in [0.2, 0.25) is 11.8 Å². The second-order valence-corrected chi connectivity index (χ2v) is 35.2. The number of halogens is 2. The van der Waals surface area contributed by atoms with Gasteiger partial charge in [-0.2, -0.15) is 0 Å². The van der Waals surface area contributed by atoms with Gasteiger partial charge in [0.1, 0.15) is 0 Å². The van der Waals surface area contributed by atoms with Crippen molar-refractivity contribution in [2.75, 3.05) is 22.9 Å². The zero-order valence-corrected chi connectivity index (χ0v) is 67.6. The van der Waals surface area contributed by atoms with Crippen molar-refractivity contribution in [3.05, 3.63) is 78.4 Å². The standard InChI is InChI=1S/C88H142Br2N2O2S2/c1-7-13-19-25-31-35-37-41-47-53-59-75-67-81(95-85(75)89)73-61-63-77-79(65-73)91(69-71(55-49-43-29-23-17-11-5)57-51-45-39-33-27-21-15-9-3)87(93)83(77)84-78-64-62-74(82-68-76(86(90)96-82)60-54-48-42-38-36-32-26-20-14-8-2)66-80(78)92(88(84)94)70-72(56-50-44-30-24-18-12-6)58-52-46-40-34-28-22-16-10-4/h61-68,71-72,83-84H,7-60,69-70H2,1-6H3. The highest BCUT2D eigenvalue weighted by Gasteiger charge is 2.51. The largest absolute Gasteiger partial charge is 0.311 e. The third kappa shape index (κ3) is 29.6. The summed E-state index contributed by atoms with van der Waals surface area (Å²) in [7, 11) is 0. The van der Waals surface area contributed by atoms with Crippen LogP contribution in [0.3, 0.4) is 0 Å². The fourth-order valence-corrected chi connectivity index (χ4v) is 19.6. The number of anilines is 2. The lowest BCUT2D eigenvalue weighted by Gasteiger charge is -2.27. The van der Waals surface area contributed by atoms with Gasteiger partial charge in [-0.1, -0.05) is 361 Å². The zero-order chi connectivity index (χ0) is 68.2. The highest BCUT2D eigenvalue weighted by molar-refractivity contribution is 9.11. The molecule has 8 heteroatoms. The molecule has 0 N–H and O–H groups in total. The number of nitrogens with zero attached hydrogens (tertiary/aromatic N) is 2. The van der Waals surface area contributed by atoms with Gasteiger partial charge in [0.15, 0.2) is 0 Å². The number of benzene rings is 2. The van der Waals surface area contributed by atoms with Gasteiger partial charge in [-0.15, -0.1) is 22.7 Å². The Morgan fingerprint density at radius 1 is 0.323 bits per heavy atom. The van der Waals surface area contributed by atoms with Crippen molar-refractivity contribution in [1.82, 2.24) is 0 Å². The SMILES string of the molecule is CCCCCCCCCCCCc1cc(-c2ccc3c(c2)N(CC(CCCCCCCC)CCCCCCCCCC)C(=O)C3C2C(=O)N(CC(CCCCCCCC)CCCCCCCCCC)c3cc(-c4cc(CCCCCCCCCCCC)c(Br)s4)ccc32)sc1Br. The third-order valence-electron chi connectivity index (χ3n) is 22.1. The molecule has 2 aliphatic heterocycles. The Hall–Kier alpha value is -2.26. The van der Waals surface area contributed by atoms with Crippen molar-refractivity contribution in [3.8, 4) is 20.9 Å². The maximum absolute atomic E-state index is 16.3. The Morgan fingerprint density at radius 3 is 0.823 bits per heavy atom. The molecule has 2 aliphatic rings. The molecule has 96 heavy (non-hydrogen) atoms. The molecular weight excluding hydrogens is 1340 g/mol. The molecule has 0 saturated carbocycles. The quantitative estimate of drug-likeness (QED) is 0.0413. The molecule has 0 spiro atoms. The highest BCUT2D eigenvalue weighted by Crippen LogP contribution is 2.54. The molecule has 4 unspecified atom stereocenters. The number of fused-ring (bicyclic) bond motifs is 2. The maximum Gasteiger partial charge on any atom is 0.235 e. The van der Waals surface area contributed by atoms with Crippen molar-refractivity contribution in [2.24, 2.45) is 11.8 Å². The predicted octanol–water partition coefficient (Wildman–Crippen LogP) is 31.0.